The molecule has 0 fully saturated rings. The van der Waals surface area contributed by atoms with Crippen molar-refractivity contribution in [2.24, 2.45) is 0 Å². The van der Waals surface area contributed by atoms with Gasteiger partial charge in [0.15, 0.2) is 23.0 Å². The van der Waals surface area contributed by atoms with Gasteiger partial charge in [-0.15, -0.1) is 0 Å². The number of hydrogen-bond acceptors (Lipinski definition) is 5. The second kappa shape index (κ2) is 10.4. The first-order chi connectivity index (χ1) is 21.4. The summed E-state index contributed by atoms with van der Waals surface area (Å²) in [7, 11) is 8.92. The Balaban J connectivity index is 0.000000131. The van der Waals surface area contributed by atoms with Gasteiger partial charge in [0.05, 0.1) is 20.6 Å². The van der Waals surface area contributed by atoms with Crippen molar-refractivity contribution in [3.63, 3.8) is 0 Å². The van der Waals surface area contributed by atoms with Crippen LogP contribution in [0.2, 0.25) is 0 Å². The molecule has 3 aliphatic heterocycles. The van der Waals surface area contributed by atoms with Gasteiger partial charge in [0.25, 0.3) is 0 Å². The molecular formula is C38H39N2O4+. The van der Waals surface area contributed by atoms with Gasteiger partial charge in [0, 0.05) is 35.9 Å². The van der Waals surface area contributed by atoms with Crippen LogP contribution in [-0.4, -0.2) is 64.2 Å². The number of benzene rings is 5. The SMILES string of the molecule is CN(C)CCc1cc2c(c3c1ccc1ccccc13)OCO2.C[N+]1(C)CCc2cc3c(c4c2C1Cc1ccccc1-4)OCO3. The third kappa shape index (κ3) is 4.39. The Morgan fingerprint density at radius 1 is 0.773 bits per heavy atom. The molecule has 5 aromatic rings. The first kappa shape index (κ1) is 27.3. The number of likely N-dealkylation sites (N-methyl/N-ethyl adjacent to an activating group) is 2. The van der Waals surface area contributed by atoms with Crippen LogP contribution in [-0.2, 0) is 19.3 Å². The number of rotatable bonds is 3. The molecular weight excluding hydrogens is 548 g/mol. The van der Waals surface area contributed by atoms with Crippen LogP contribution < -0.4 is 18.9 Å². The zero-order chi connectivity index (χ0) is 30.0. The molecule has 6 heteroatoms. The van der Waals surface area contributed by atoms with Crippen molar-refractivity contribution in [2.75, 3.05) is 54.9 Å². The molecule has 4 aliphatic rings. The summed E-state index contributed by atoms with van der Waals surface area (Å²) >= 11 is 0. The average Bonchev–Trinajstić information content (AvgIpc) is 3.71. The molecule has 0 spiro atoms. The minimum Gasteiger partial charge on any atom is -0.454 e. The van der Waals surface area contributed by atoms with E-state index in [-0.39, 0.29) is 0 Å². The summed E-state index contributed by atoms with van der Waals surface area (Å²) in [5.74, 6) is 3.65. The van der Waals surface area contributed by atoms with Gasteiger partial charge in [0.2, 0.25) is 13.6 Å². The van der Waals surface area contributed by atoms with E-state index in [0.29, 0.717) is 19.6 Å². The number of ether oxygens (including phenoxy) is 4. The Labute approximate surface area is 258 Å². The van der Waals surface area contributed by atoms with Crippen LogP contribution in [0.4, 0.5) is 0 Å². The van der Waals surface area contributed by atoms with Crippen LogP contribution in [0.15, 0.2) is 72.8 Å². The number of nitrogens with zero attached hydrogens (tertiary/aromatic N) is 2. The fourth-order valence-electron chi connectivity index (χ4n) is 7.54. The molecule has 0 aromatic heterocycles. The monoisotopic (exact) mass is 587 g/mol. The van der Waals surface area contributed by atoms with Gasteiger partial charge in [-0.1, -0.05) is 60.7 Å². The molecule has 1 atom stereocenters. The summed E-state index contributed by atoms with van der Waals surface area (Å²) in [6.07, 6.45) is 3.23. The van der Waals surface area contributed by atoms with Crippen LogP contribution in [0.1, 0.15) is 28.3 Å². The van der Waals surface area contributed by atoms with Gasteiger partial charge in [0.1, 0.15) is 6.04 Å². The Morgan fingerprint density at radius 2 is 1.52 bits per heavy atom. The van der Waals surface area contributed by atoms with Crippen molar-refractivity contribution in [2.45, 2.75) is 25.3 Å². The van der Waals surface area contributed by atoms with Gasteiger partial charge in [-0.2, -0.15) is 0 Å². The lowest BCUT2D eigenvalue weighted by Gasteiger charge is -2.45. The second-order valence-electron chi connectivity index (χ2n) is 13.2. The van der Waals surface area contributed by atoms with E-state index in [4.69, 9.17) is 18.9 Å². The maximum atomic E-state index is 5.86. The van der Waals surface area contributed by atoms with Crippen LogP contribution in [0.5, 0.6) is 23.0 Å². The molecule has 224 valence electrons. The predicted octanol–water partition coefficient (Wildman–Crippen LogP) is 7.14. The second-order valence-corrected chi connectivity index (χ2v) is 13.2. The van der Waals surface area contributed by atoms with E-state index >= 15 is 0 Å². The van der Waals surface area contributed by atoms with E-state index in [1.807, 2.05) is 0 Å². The summed E-state index contributed by atoms with van der Waals surface area (Å²) < 4.78 is 24.1. The van der Waals surface area contributed by atoms with Crippen LogP contribution >= 0.6 is 0 Å². The smallest absolute Gasteiger partial charge is 0.231 e. The quantitative estimate of drug-likeness (QED) is 0.166. The van der Waals surface area contributed by atoms with E-state index in [1.54, 1.807) is 0 Å². The molecule has 6 nitrogen and oxygen atoms in total. The van der Waals surface area contributed by atoms with Crippen LogP contribution in [0.25, 0.3) is 32.7 Å². The maximum absolute atomic E-state index is 5.86. The Hall–Kier alpha value is -4.26. The molecule has 0 amide bonds. The highest BCUT2D eigenvalue weighted by Gasteiger charge is 2.43. The van der Waals surface area contributed by atoms with Crippen LogP contribution in [0, 0.1) is 0 Å². The van der Waals surface area contributed by atoms with Gasteiger partial charge in [-0.25, -0.2) is 0 Å². The van der Waals surface area contributed by atoms with Gasteiger partial charge >= 0.3 is 0 Å². The van der Waals surface area contributed by atoms with E-state index in [1.165, 1.54) is 61.5 Å². The topological polar surface area (TPSA) is 40.2 Å². The summed E-state index contributed by atoms with van der Waals surface area (Å²) in [5.41, 5.74) is 8.33. The van der Waals surface area contributed by atoms with Crippen molar-refractivity contribution in [3.05, 3.63) is 95.1 Å². The van der Waals surface area contributed by atoms with Crippen LogP contribution in [0.3, 0.4) is 0 Å². The minimum atomic E-state index is 0.310. The van der Waals surface area contributed by atoms with Gasteiger partial charge in [-0.05, 0) is 71.1 Å². The van der Waals surface area contributed by atoms with E-state index in [9.17, 15) is 0 Å². The summed E-state index contributed by atoms with van der Waals surface area (Å²) in [6, 6.07) is 26.5. The molecule has 0 radical (unpaired) electrons. The zero-order valence-corrected chi connectivity index (χ0v) is 26.0. The lowest BCUT2D eigenvalue weighted by molar-refractivity contribution is -0.923. The highest BCUT2D eigenvalue weighted by Crippen LogP contribution is 2.54. The molecule has 44 heavy (non-hydrogen) atoms. The lowest BCUT2D eigenvalue weighted by atomic mass is 9.76. The highest BCUT2D eigenvalue weighted by molar-refractivity contribution is 6.12. The molecule has 1 aliphatic carbocycles. The zero-order valence-electron chi connectivity index (χ0n) is 26.0. The Bertz CT molecular complexity index is 1930. The summed E-state index contributed by atoms with van der Waals surface area (Å²) in [5, 5.41) is 4.91. The molecule has 3 heterocycles. The van der Waals surface area contributed by atoms with Gasteiger partial charge < -0.3 is 28.3 Å². The average molecular weight is 588 g/mol. The Kier molecular flexibility index (Phi) is 6.47. The first-order valence-corrected chi connectivity index (χ1v) is 15.6. The predicted molar refractivity (Wildman–Crippen MR) is 175 cm³/mol. The third-order valence-electron chi connectivity index (χ3n) is 9.90. The largest absolute Gasteiger partial charge is 0.454 e. The third-order valence-corrected chi connectivity index (χ3v) is 9.90. The molecule has 0 saturated heterocycles. The number of hydrogen-bond donors (Lipinski definition) is 0. The lowest BCUT2D eigenvalue weighted by Crippen LogP contribution is -2.49. The normalized spacial score (nSPS) is 18.2. The molecule has 0 saturated carbocycles. The highest BCUT2D eigenvalue weighted by atomic mass is 16.7. The molecule has 1 unspecified atom stereocenters. The van der Waals surface area contributed by atoms with Crippen molar-refractivity contribution in [3.8, 4) is 34.1 Å². The van der Waals surface area contributed by atoms with Crippen molar-refractivity contribution >= 4 is 21.5 Å². The molecule has 0 N–H and O–H groups in total. The summed E-state index contributed by atoms with van der Waals surface area (Å²) in [6.45, 7) is 2.85. The van der Waals surface area contributed by atoms with Crippen molar-refractivity contribution in [1.82, 2.24) is 4.90 Å². The fourth-order valence-corrected chi connectivity index (χ4v) is 7.54. The summed E-state index contributed by atoms with van der Waals surface area (Å²) in [4.78, 5) is 2.21. The van der Waals surface area contributed by atoms with E-state index in [2.05, 4.69) is 106 Å². The molecule has 5 aromatic carbocycles. The molecule has 0 bridgehead atoms. The Morgan fingerprint density at radius 3 is 2.36 bits per heavy atom. The van der Waals surface area contributed by atoms with Crippen molar-refractivity contribution < 1.29 is 23.4 Å². The number of quaternary nitrogens is 1. The minimum absolute atomic E-state index is 0.310. The fraction of sp³-hybridized carbons (Fsp3) is 0.316. The standard InChI is InChI=1S/C19H20NO2.C19H19NO2/c1-20(2)8-7-13-10-16-19(22-11-21-16)18-14-6-4-3-5-12(14)9-15(20)17(13)18;1-20(2)10-9-14-11-17-19(22-12-21-17)18-15-6-4-3-5-13(15)7-8-16(14)18/h3-6,10,15H,7-9,11H2,1-2H3;3-8,11H,9-10,12H2,1-2H3/q+1;. The van der Waals surface area contributed by atoms with Crippen molar-refractivity contribution in [1.29, 1.82) is 0 Å². The first-order valence-electron chi connectivity index (χ1n) is 15.6. The van der Waals surface area contributed by atoms with E-state index < -0.39 is 0 Å². The number of fused-ring (bicyclic) bond motifs is 9. The molecule has 9 rings (SSSR count). The van der Waals surface area contributed by atoms with E-state index in [0.717, 1.165) is 53.3 Å². The van der Waals surface area contributed by atoms with Gasteiger partial charge in [-0.3, -0.25) is 0 Å². The maximum Gasteiger partial charge on any atom is 0.231 e.